The van der Waals surface area contributed by atoms with E-state index < -0.39 is 0 Å². The second kappa shape index (κ2) is 3.47. The summed E-state index contributed by atoms with van der Waals surface area (Å²) in [6.45, 7) is 0. The van der Waals surface area contributed by atoms with Gasteiger partial charge in [-0.3, -0.25) is 0 Å². The van der Waals surface area contributed by atoms with E-state index in [-0.39, 0.29) is 0 Å². The summed E-state index contributed by atoms with van der Waals surface area (Å²) in [6.07, 6.45) is 4.83. The summed E-state index contributed by atoms with van der Waals surface area (Å²) in [7, 11) is 0. The molecule has 4 aromatic rings. The topological polar surface area (TPSA) is 44.5 Å². The van der Waals surface area contributed by atoms with Crippen LogP contribution in [0.5, 0.6) is 0 Å². The molecular formula is C15H10N3. The SMILES string of the molecule is [c]1nc2c(-c3[nH]cc4ccccc34)cccc2[nH]1. The quantitative estimate of drug-likeness (QED) is 0.518. The number of para-hydroxylation sites is 1. The lowest BCUT2D eigenvalue weighted by molar-refractivity contribution is 1.32. The monoisotopic (exact) mass is 232 g/mol. The molecule has 0 saturated heterocycles. The number of benzene rings is 2. The minimum absolute atomic E-state index is 0.949. The van der Waals surface area contributed by atoms with Gasteiger partial charge in [0.15, 0.2) is 6.33 Å². The number of rotatable bonds is 1. The maximum Gasteiger partial charge on any atom is 0.174 e. The van der Waals surface area contributed by atoms with Gasteiger partial charge < -0.3 is 9.97 Å². The average molecular weight is 232 g/mol. The number of nitrogens with zero attached hydrogens (tertiary/aromatic N) is 1. The van der Waals surface area contributed by atoms with Crippen molar-refractivity contribution in [3.05, 3.63) is 55.0 Å². The van der Waals surface area contributed by atoms with Crippen LogP contribution in [0.2, 0.25) is 0 Å². The van der Waals surface area contributed by atoms with Gasteiger partial charge in [0.25, 0.3) is 0 Å². The molecule has 4 rings (SSSR count). The highest BCUT2D eigenvalue weighted by Crippen LogP contribution is 2.31. The Morgan fingerprint density at radius 3 is 2.94 bits per heavy atom. The smallest absolute Gasteiger partial charge is 0.174 e. The zero-order chi connectivity index (χ0) is 11.9. The van der Waals surface area contributed by atoms with Crippen LogP contribution in [0.25, 0.3) is 33.1 Å². The zero-order valence-corrected chi connectivity index (χ0v) is 9.57. The van der Waals surface area contributed by atoms with Gasteiger partial charge in [0.05, 0.1) is 16.7 Å². The number of imidazole rings is 1. The van der Waals surface area contributed by atoms with E-state index in [9.17, 15) is 0 Å². The second-order valence-electron chi connectivity index (χ2n) is 4.30. The largest absolute Gasteiger partial charge is 0.360 e. The van der Waals surface area contributed by atoms with Crippen LogP contribution in [-0.4, -0.2) is 15.0 Å². The van der Waals surface area contributed by atoms with Gasteiger partial charge >= 0.3 is 0 Å². The van der Waals surface area contributed by atoms with Crippen molar-refractivity contribution in [3.63, 3.8) is 0 Å². The highest BCUT2D eigenvalue weighted by atomic mass is 14.9. The molecule has 0 atom stereocenters. The highest BCUT2D eigenvalue weighted by Gasteiger charge is 2.10. The van der Waals surface area contributed by atoms with Crippen LogP contribution in [0.3, 0.4) is 0 Å². The summed E-state index contributed by atoms with van der Waals surface area (Å²) in [4.78, 5) is 10.6. The van der Waals surface area contributed by atoms with Crippen LogP contribution < -0.4 is 0 Å². The molecule has 0 fully saturated rings. The first kappa shape index (κ1) is 9.48. The predicted octanol–water partition coefficient (Wildman–Crippen LogP) is 3.51. The molecule has 0 aliphatic rings. The molecule has 2 aromatic carbocycles. The van der Waals surface area contributed by atoms with Gasteiger partial charge in [-0.15, -0.1) is 0 Å². The normalized spacial score (nSPS) is 11.3. The van der Waals surface area contributed by atoms with Crippen LogP contribution >= 0.6 is 0 Å². The molecule has 2 heterocycles. The fraction of sp³-hybridized carbons (Fsp3) is 0. The summed E-state index contributed by atoms with van der Waals surface area (Å²) in [5.41, 5.74) is 4.17. The van der Waals surface area contributed by atoms with Crippen LogP contribution in [-0.2, 0) is 0 Å². The molecule has 0 saturated carbocycles. The molecule has 0 unspecified atom stereocenters. The van der Waals surface area contributed by atoms with Crippen LogP contribution in [0.15, 0.2) is 48.7 Å². The minimum Gasteiger partial charge on any atom is -0.360 e. The maximum absolute atomic E-state index is 4.28. The standard InChI is InChI=1S/C15H10N3/c1-2-5-11-10(4-1)8-16-14(11)12-6-3-7-13-15(12)18-9-17-13/h1-8,16H,(H,17,18). The molecule has 0 spiro atoms. The molecule has 3 heteroatoms. The van der Waals surface area contributed by atoms with Gasteiger partial charge in [-0.25, -0.2) is 4.98 Å². The summed E-state index contributed by atoms with van der Waals surface area (Å²) in [5.74, 6) is 0. The Kier molecular flexibility index (Phi) is 1.83. The Morgan fingerprint density at radius 2 is 1.94 bits per heavy atom. The van der Waals surface area contributed by atoms with E-state index in [2.05, 4.69) is 45.5 Å². The molecule has 2 N–H and O–H groups in total. The van der Waals surface area contributed by atoms with E-state index >= 15 is 0 Å². The minimum atomic E-state index is 0.949. The van der Waals surface area contributed by atoms with Crippen LogP contribution in [0.1, 0.15) is 0 Å². The third-order valence-electron chi connectivity index (χ3n) is 3.27. The van der Waals surface area contributed by atoms with Crippen molar-refractivity contribution in [2.75, 3.05) is 0 Å². The third-order valence-corrected chi connectivity index (χ3v) is 3.27. The molecule has 0 aliphatic carbocycles. The van der Waals surface area contributed by atoms with Crippen LogP contribution in [0.4, 0.5) is 0 Å². The summed E-state index contributed by atoms with van der Waals surface area (Å²) in [5, 5.41) is 2.43. The summed E-state index contributed by atoms with van der Waals surface area (Å²) in [6, 6.07) is 14.4. The molecule has 0 bridgehead atoms. The van der Waals surface area contributed by atoms with E-state index in [1.165, 1.54) is 10.8 Å². The number of aromatic amines is 2. The number of hydrogen-bond donors (Lipinski definition) is 2. The molecule has 85 valence electrons. The molecular weight excluding hydrogens is 222 g/mol. The van der Waals surface area contributed by atoms with Gasteiger partial charge in [-0.05, 0) is 11.5 Å². The Labute approximate surface area is 103 Å². The van der Waals surface area contributed by atoms with Crippen molar-refractivity contribution in [2.45, 2.75) is 0 Å². The lowest BCUT2D eigenvalue weighted by Crippen LogP contribution is -1.81. The van der Waals surface area contributed by atoms with E-state index in [4.69, 9.17) is 0 Å². The van der Waals surface area contributed by atoms with Gasteiger partial charge in [0, 0.05) is 17.1 Å². The third kappa shape index (κ3) is 1.21. The molecule has 0 aliphatic heterocycles. The lowest BCUT2D eigenvalue weighted by atomic mass is 10.1. The molecule has 0 amide bonds. The number of hydrogen-bond acceptors (Lipinski definition) is 1. The van der Waals surface area contributed by atoms with Gasteiger partial charge in [-0.1, -0.05) is 36.4 Å². The number of nitrogens with one attached hydrogen (secondary N) is 2. The fourth-order valence-electron chi connectivity index (χ4n) is 2.41. The second-order valence-corrected chi connectivity index (χ2v) is 4.30. The van der Waals surface area contributed by atoms with Gasteiger partial charge in [-0.2, -0.15) is 0 Å². The predicted molar refractivity (Wildman–Crippen MR) is 72.2 cm³/mol. The Hall–Kier alpha value is -2.55. The van der Waals surface area contributed by atoms with Crippen molar-refractivity contribution >= 4 is 21.8 Å². The van der Waals surface area contributed by atoms with Gasteiger partial charge in [0.1, 0.15) is 0 Å². The van der Waals surface area contributed by atoms with Crippen molar-refractivity contribution in [1.29, 1.82) is 0 Å². The van der Waals surface area contributed by atoms with Crippen molar-refractivity contribution in [1.82, 2.24) is 15.0 Å². The number of H-pyrrole nitrogens is 2. The van der Waals surface area contributed by atoms with Crippen molar-refractivity contribution in [2.24, 2.45) is 0 Å². The number of aromatic nitrogens is 3. The number of fused-ring (bicyclic) bond motifs is 2. The fourth-order valence-corrected chi connectivity index (χ4v) is 2.41. The lowest BCUT2D eigenvalue weighted by Gasteiger charge is -2.01. The molecule has 18 heavy (non-hydrogen) atoms. The Morgan fingerprint density at radius 1 is 1.00 bits per heavy atom. The molecule has 3 nitrogen and oxygen atoms in total. The van der Waals surface area contributed by atoms with Crippen molar-refractivity contribution in [3.8, 4) is 11.3 Å². The molecule has 2 aromatic heterocycles. The first-order valence-corrected chi connectivity index (χ1v) is 5.85. The van der Waals surface area contributed by atoms with E-state index in [1.807, 2.05) is 24.4 Å². The first-order chi connectivity index (χ1) is 8.93. The van der Waals surface area contributed by atoms with Gasteiger partial charge in [0.2, 0.25) is 0 Å². The summed E-state index contributed by atoms with van der Waals surface area (Å²) < 4.78 is 0. The maximum atomic E-state index is 4.28. The van der Waals surface area contributed by atoms with Crippen LogP contribution in [0, 0.1) is 6.33 Å². The highest BCUT2D eigenvalue weighted by molar-refractivity contribution is 6.02. The summed E-state index contributed by atoms with van der Waals surface area (Å²) >= 11 is 0. The zero-order valence-electron chi connectivity index (χ0n) is 9.57. The van der Waals surface area contributed by atoms with Crippen molar-refractivity contribution < 1.29 is 0 Å². The van der Waals surface area contributed by atoms with E-state index in [1.54, 1.807) is 0 Å². The Balaban J connectivity index is 2.10. The van der Waals surface area contributed by atoms with E-state index in [0.29, 0.717) is 0 Å². The Bertz CT molecular complexity index is 839. The molecule has 1 radical (unpaired) electrons. The first-order valence-electron chi connectivity index (χ1n) is 5.85. The van der Waals surface area contributed by atoms with E-state index in [0.717, 1.165) is 22.3 Å². The average Bonchev–Trinajstić information content (AvgIpc) is 3.05.